The lowest BCUT2D eigenvalue weighted by molar-refractivity contribution is -0.120. The first-order valence-corrected chi connectivity index (χ1v) is 5.09. The van der Waals surface area contributed by atoms with E-state index in [2.05, 4.69) is 5.32 Å². The predicted octanol–water partition coefficient (Wildman–Crippen LogP) is 1.47. The van der Waals surface area contributed by atoms with E-state index in [0.29, 0.717) is 5.69 Å². The minimum atomic E-state index is -0.944. The molecule has 7 heteroatoms. The van der Waals surface area contributed by atoms with E-state index in [9.17, 15) is 14.0 Å². The average molecular weight is 260 g/mol. The van der Waals surface area contributed by atoms with Crippen molar-refractivity contribution in [2.75, 3.05) is 5.32 Å². The van der Waals surface area contributed by atoms with Crippen molar-refractivity contribution >= 4 is 29.2 Å². The van der Waals surface area contributed by atoms with Crippen LogP contribution in [0.3, 0.4) is 0 Å². The van der Waals surface area contributed by atoms with Gasteiger partial charge in [0.2, 0.25) is 5.91 Å². The van der Waals surface area contributed by atoms with Gasteiger partial charge >= 0.3 is 6.03 Å². The molecule has 0 saturated carbocycles. The largest absolute Gasteiger partial charge is 0.374 e. The molecule has 1 aromatic carbocycles. The molecular formula is C10H11ClFN3O2. The van der Waals surface area contributed by atoms with Crippen LogP contribution in [0.25, 0.3) is 0 Å². The summed E-state index contributed by atoms with van der Waals surface area (Å²) in [7, 11) is 0. The number of nitrogens with one attached hydrogen (secondary N) is 2. The summed E-state index contributed by atoms with van der Waals surface area (Å²) >= 11 is 5.64. The Morgan fingerprint density at radius 2 is 2.06 bits per heavy atom. The molecule has 0 aliphatic rings. The van der Waals surface area contributed by atoms with Crippen LogP contribution in [0, 0.1) is 5.82 Å². The molecule has 1 unspecified atom stereocenters. The number of amides is 3. The van der Waals surface area contributed by atoms with Crippen molar-refractivity contribution in [3.63, 3.8) is 0 Å². The summed E-state index contributed by atoms with van der Waals surface area (Å²) in [5.74, 6) is -1.14. The Kier molecular flexibility index (Phi) is 4.28. The van der Waals surface area contributed by atoms with Crippen LogP contribution < -0.4 is 16.4 Å². The average Bonchev–Trinajstić information content (AvgIpc) is 2.14. The third kappa shape index (κ3) is 4.28. The molecule has 0 fully saturated rings. The molecule has 1 atom stereocenters. The van der Waals surface area contributed by atoms with Crippen molar-refractivity contribution in [2.24, 2.45) is 5.73 Å². The molecule has 0 radical (unpaired) electrons. The number of imide groups is 1. The van der Waals surface area contributed by atoms with Gasteiger partial charge in [0.25, 0.3) is 0 Å². The van der Waals surface area contributed by atoms with E-state index in [1.54, 1.807) is 0 Å². The minimum absolute atomic E-state index is 0.204. The molecule has 3 amide bonds. The maximum absolute atomic E-state index is 13.0. The SMILES string of the molecule is CC(Nc1cc(F)cc(Cl)c1)C(=O)NC(N)=O. The van der Waals surface area contributed by atoms with E-state index < -0.39 is 23.8 Å². The first-order valence-electron chi connectivity index (χ1n) is 4.71. The molecule has 0 aromatic heterocycles. The zero-order chi connectivity index (χ0) is 13.0. The Hall–Kier alpha value is -1.82. The molecule has 0 bridgehead atoms. The number of benzene rings is 1. The normalized spacial score (nSPS) is 11.7. The lowest BCUT2D eigenvalue weighted by atomic mass is 10.2. The number of carbonyl (C=O) groups is 2. The molecule has 92 valence electrons. The van der Waals surface area contributed by atoms with Gasteiger partial charge in [0, 0.05) is 10.7 Å². The minimum Gasteiger partial charge on any atom is -0.374 e. The number of urea groups is 1. The zero-order valence-corrected chi connectivity index (χ0v) is 9.72. The van der Waals surface area contributed by atoms with Crippen LogP contribution in [0.15, 0.2) is 18.2 Å². The number of rotatable bonds is 3. The summed E-state index contributed by atoms with van der Waals surface area (Å²) in [6, 6.07) is 2.08. The zero-order valence-electron chi connectivity index (χ0n) is 8.96. The Balaban J connectivity index is 2.70. The number of carbonyl (C=O) groups excluding carboxylic acids is 2. The van der Waals surface area contributed by atoms with Crippen LogP contribution in [-0.4, -0.2) is 18.0 Å². The lowest BCUT2D eigenvalue weighted by Crippen LogP contribution is -2.43. The fourth-order valence-corrected chi connectivity index (χ4v) is 1.40. The maximum Gasteiger partial charge on any atom is 0.318 e. The van der Waals surface area contributed by atoms with Crippen molar-refractivity contribution < 1.29 is 14.0 Å². The predicted molar refractivity (Wildman–Crippen MR) is 62.2 cm³/mol. The Morgan fingerprint density at radius 3 is 2.59 bits per heavy atom. The van der Waals surface area contributed by atoms with Crippen LogP contribution in [0.2, 0.25) is 5.02 Å². The van der Waals surface area contributed by atoms with Crippen LogP contribution >= 0.6 is 11.6 Å². The van der Waals surface area contributed by atoms with Gasteiger partial charge < -0.3 is 11.1 Å². The van der Waals surface area contributed by atoms with E-state index in [0.717, 1.165) is 6.07 Å². The monoisotopic (exact) mass is 259 g/mol. The fraction of sp³-hybridized carbons (Fsp3) is 0.200. The highest BCUT2D eigenvalue weighted by Gasteiger charge is 2.14. The maximum atomic E-state index is 13.0. The van der Waals surface area contributed by atoms with E-state index in [4.69, 9.17) is 17.3 Å². The van der Waals surface area contributed by atoms with Gasteiger partial charge in [-0.05, 0) is 25.1 Å². The summed E-state index contributed by atoms with van der Waals surface area (Å²) in [6.45, 7) is 1.50. The lowest BCUT2D eigenvalue weighted by Gasteiger charge is -2.14. The van der Waals surface area contributed by atoms with Crippen molar-refractivity contribution in [1.29, 1.82) is 0 Å². The van der Waals surface area contributed by atoms with Gasteiger partial charge in [-0.2, -0.15) is 0 Å². The molecule has 4 N–H and O–H groups in total. The van der Waals surface area contributed by atoms with Gasteiger partial charge in [-0.1, -0.05) is 11.6 Å². The second kappa shape index (κ2) is 5.49. The summed E-state index contributed by atoms with van der Waals surface area (Å²) in [6.07, 6.45) is 0. The third-order valence-electron chi connectivity index (χ3n) is 1.89. The third-order valence-corrected chi connectivity index (χ3v) is 2.10. The van der Waals surface area contributed by atoms with Gasteiger partial charge in [0.15, 0.2) is 0 Å². The smallest absolute Gasteiger partial charge is 0.318 e. The van der Waals surface area contributed by atoms with Crippen molar-refractivity contribution in [3.8, 4) is 0 Å². The van der Waals surface area contributed by atoms with E-state index >= 15 is 0 Å². The molecule has 0 aliphatic heterocycles. The molecule has 17 heavy (non-hydrogen) atoms. The van der Waals surface area contributed by atoms with Gasteiger partial charge in [-0.15, -0.1) is 0 Å². The topological polar surface area (TPSA) is 84.2 Å². The highest BCUT2D eigenvalue weighted by molar-refractivity contribution is 6.30. The number of hydrogen-bond acceptors (Lipinski definition) is 3. The first kappa shape index (κ1) is 13.2. The van der Waals surface area contributed by atoms with E-state index in [-0.39, 0.29) is 5.02 Å². The second-order valence-electron chi connectivity index (χ2n) is 3.38. The van der Waals surface area contributed by atoms with Crippen LogP contribution in [-0.2, 0) is 4.79 Å². The summed E-state index contributed by atoms with van der Waals surface area (Å²) < 4.78 is 13.0. The first-order chi connectivity index (χ1) is 7.88. The van der Waals surface area contributed by atoms with Gasteiger partial charge in [-0.25, -0.2) is 9.18 Å². The Labute approximate surface area is 102 Å². The highest BCUT2D eigenvalue weighted by atomic mass is 35.5. The number of halogens is 2. The fourth-order valence-electron chi connectivity index (χ4n) is 1.18. The van der Waals surface area contributed by atoms with Crippen LogP contribution in [0.4, 0.5) is 14.9 Å². The summed E-state index contributed by atoms with van der Waals surface area (Å²) in [4.78, 5) is 21.8. The van der Waals surface area contributed by atoms with Crippen molar-refractivity contribution in [1.82, 2.24) is 5.32 Å². The van der Waals surface area contributed by atoms with E-state index in [1.807, 2.05) is 5.32 Å². The van der Waals surface area contributed by atoms with Crippen molar-refractivity contribution in [2.45, 2.75) is 13.0 Å². The van der Waals surface area contributed by atoms with Crippen molar-refractivity contribution in [3.05, 3.63) is 29.0 Å². The quantitative estimate of drug-likeness (QED) is 0.769. The molecule has 1 rings (SSSR count). The van der Waals surface area contributed by atoms with Gasteiger partial charge in [0.1, 0.15) is 11.9 Å². The van der Waals surface area contributed by atoms with Crippen LogP contribution in [0.1, 0.15) is 6.92 Å². The van der Waals surface area contributed by atoms with Crippen LogP contribution in [0.5, 0.6) is 0 Å². The highest BCUT2D eigenvalue weighted by Crippen LogP contribution is 2.18. The Bertz CT molecular complexity index is 433. The van der Waals surface area contributed by atoms with Gasteiger partial charge in [0.05, 0.1) is 0 Å². The van der Waals surface area contributed by atoms with Gasteiger partial charge in [-0.3, -0.25) is 10.1 Å². The molecular weight excluding hydrogens is 249 g/mol. The number of primary amides is 1. The standard InChI is InChI=1S/C10H11ClFN3O2/c1-5(9(16)15-10(13)17)14-8-3-6(11)2-7(12)4-8/h2-5,14H,1H3,(H3,13,15,16,17). The molecule has 0 saturated heterocycles. The molecule has 0 heterocycles. The second-order valence-corrected chi connectivity index (χ2v) is 3.81. The molecule has 1 aromatic rings. The summed E-state index contributed by atoms with van der Waals surface area (Å²) in [5, 5.41) is 4.79. The Morgan fingerprint density at radius 1 is 1.41 bits per heavy atom. The molecule has 5 nitrogen and oxygen atoms in total. The molecule has 0 spiro atoms. The summed E-state index contributed by atoms with van der Waals surface area (Å²) in [5.41, 5.74) is 5.13. The van der Waals surface area contributed by atoms with E-state index in [1.165, 1.54) is 19.1 Å². The molecule has 0 aliphatic carbocycles. The number of hydrogen-bond donors (Lipinski definition) is 3. The number of anilines is 1. The number of nitrogens with two attached hydrogens (primary N) is 1.